The van der Waals surface area contributed by atoms with Crippen LogP contribution < -0.4 is 11.1 Å². The number of nitrogens with zero attached hydrogens (tertiary/aromatic N) is 1. The minimum Gasteiger partial charge on any atom is -0.387 e. The van der Waals surface area contributed by atoms with Crippen molar-refractivity contribution in [3.05, 3.63) is 30.1 Å². The number of carbonyl (C=O) groups is 1. The van der Waals surface area contributed by atoms with Crippen LogP contribution in [-0.4, -0.2) is 29.9 Å². The Balaban J connectivity index is 2.66. The summed E-state index contributed by atoms with van der Waals surface area (Å²) in [6.45, 7) is 4.45. The molecule has 104 valence electrons. The largest absolute Gasteiger partial charge is 0.387 e. The topological polar surface area (TPSA) is 82.2 Å². The summed E-state index contributed by atoms with van der Waals surface area (Å²) < 4.78 is 13.0. The number of nitrogens with two attached hydrogens (primary N) is 1. The van der Waals surface area contributed by atoms with Crippen molar-refractivity contribution >= 4 is 17.6 Å². The fraction of sp³-hybridized carbons (Fsp3) is 0.385. The molecule has 1 aromatic rings. The molecule has 0 aliphatic carbocycles. The van der Waals surface area contributed by atoms with Crippen molar-refractivity contribution in [1.29, 1.82) is 5.41 Å². The monoisotopic (exact) mass is 266 g/mol. The average Bonchev–Trinajstić information content (AvgIpc) is 2.35. The van der Waals surface area contributed by atoms with E-state index in [4.69, 9.17) is 11.1 Å². The zero-order valence-electron chi connectivity index (χ0n) is 11.1. The molecule has 0 aliphatic rings. The van der Waals surface area contributed by atoms with E-state index in [1.54, 1.807) is 13.0 Å². The maximum absolute atomic E-state index is 13.0. The summed E-state index contributed by atoms with van der Waals surface area (Å²) in [6.07, 6.45) is 0. The van der Waals surface area contributed by atoms with Crippen LogP contribution >= 0.6 is 0 Å². The number of nitrogens with one attached hydrogen (secondary N) is 2. The predicted octanol–water partition coefficient (Wildman–Crippen LogP) is 2.25. The Morgan fingerprint density at radius 1 is 1.58 bits per heavy atom. The van der Waals surface area contributed by atoms with Gasteiger partial charge >= 0.3 is 6.03 Å². The molecular formula is C13H19FN4O. The number of halogens is 1. The number of urea groups is 1. The number of amides is 2. The first kappa shape index (κ1) is 14.9. The third-order valence-corrected chi connectivity index (χ3v) is 2.77. The van der Waals surface area contributed by atoms with Crippen LogP contribution in [0.3, 0.4) is 0 Å². The molecule has 0 radical (unpaired) electrons. The molecule has 2 amide bonds. The van der Waals surface area contributed by atoms with Gasteiger partial charge in [-0.3, -0.25) is 5.41 Å². The minimum atomic E-state index is -0.405. The van der Waals surface area contributed by atoms with Gasteiger partial charge in [0.1, 0.15) is 5.82 Å². The van der Waals surface area contributed by atoms with Gasteiger partial charge in [0.15, 0.2) is 0 Å². The fourth-order valence-corrected chi connectivity index (χ4v) is 1.55. The van der Waals surface area contributed by atoms with Gasteiger partial charge in [-0.25, -0.2) is 9.18 Å². The lowest BCUT2D eigenvalue weighted by Gasteiger charge is -2.24. The van der Waals surface area contributed by atoms with Crippen molar-refractivity contribution in [3.63, 3.8) is 0 Å². The second kappa shape index (κ2) is 6.72. The second-order valence-corrected chi connectivity index (χ2v) is 4.34. The molecule has 5 nitrogen and oxygen atoms in total. The number of rotatable bonds is 5. The Labute approximate surface area is 112 Å². The molecule has 0 aliphatic heterocycles. The summed E-state index contributed by atoms with van der Waals surface area (Å²) in [4.78, 5) is 13.5. The van der Waals surface area contributed by atoms with Crippen LogP contribution in [0.2, 0.25) is 0 Å². The molecule has 0 saturated carbocycles. The van der Waals surface area contributed by atoms with Gasteiger partial charge in [0.2, 0.25) is 0 Å². The lowest BCUT2D eigenvalue weighted by Crippen LogP contribution is -2.40. The first-order valence-corrected chi connectivity index (χ1v) is 6.09. The van der Waals surface area contributed by atoms with Crippen LogP contribution in [-0.2, 0) is 0 Å². The van der Waals surface area contributed by atoms with Crippen molar-refractivity contribution < 1.29 is 9.18 Å². The first-order chi connectivity index (χ1) is 8.93. The smallest absolute Gasteiger partial charge is 0.321 e. The highest BCUT2D eigenvalue weighted by Gasteiger charge is 2.16. The van der Waals surface area contributed by atoms with Crippen LogP contribution in [0.15, 0.2) is 24.3 Å². The van der Waals surface area contributed by atoms with E-state index in [0.29, 0.717) is 18.8 Å². The van der Waals surface area contributed by atoms with Gasteiger partial charge in [-0.2, -0.15) is 0 Å². The molecule has 0 heterocycles. The maximum Gasteiger partial charge on any atom is 0.321 e. The van der Waals surface area contributed by atoms with Crippen LogP contribution in [0.1, 0.15) is 13.8 Å². The number of amidine groups is 1. The summed E-state index contributed by atoms with van der Waals surface area (Å²) in [7, 11) is 0. The molecule has 1 aromatic carbocycles. The predicted molar refractivity (Wildman–Crippen MR) is 73.7 cm³/mol. The summed E-state index contributed by atoms with van der Waals surface area (Å²) in [5.74, 6) is -0.576. The van der Waals surface area contributed by atoms with Gasteiger partial charge < -0.3 is 16.0 Å². The Kier molecular flexibility index (Phi) is 5.29. The lowest BCUT2D eigenvalue weighted by atomic mass is 10.1. The van der Waals surface area contributed by atoms with Crippen molar-refractivity contribution in [1.82, 2.24) is 4.90 Å². The maximum atomic E-state index is 13.0. The third kappa shape index (κ3) is 4.57. The van der Waals surface area contributed by atoms with Gasteiger partial charge in [-0.1, -0.05) is 13.0 Å². The standard InChI is InChI=1S/C13H19FN4O/c1-3-18(8-9(2)12(15)16)13(19)17-11-6-4-5-10(14)7-11/h4-7,9H,3,8H2,1-2H3,(H3,15,16)(H,17,19). The van der Waals surface area contributed by atoms with Crippen molar-refractivity contribution in [3.8, 4) is 0 Å². The Hall–Kier alpha value is -2.11. The van der Waals surface area contributed by atoms with Crippen molar-refractivity contribution in [2.24, 2.45) is 11.7 Å². The molecule has 19 heavy (non-hydrogen) atoms. The van der Waals surface area contributed by atoms with E-state index in [2.05, 4.69) is 5.32 Å². The molecule has 0 bridgehead atoms. The summed E-state index contributed by atoms with van der Waals surface area (Å²) in [5.41, 5.74) is 5.79. The Morgan fingerprint density at radius 2 is 2.26 bits per heavy atom. The molecule has 0 aromatic heterocycles. The van der Waals surface area contributed by atoms with E-state index >= 15 is 0 Å². The van der Waals surface area contributed by atoms with Gasteiger partial charge in [0, 0.05) is 24.7 Å². The number of anilines is 1. The van der Waals surface area contributed by atoms with Crippen molar-refractivity contribution in [2.75, 3.05) is 18.4 Å². The average molecular weight is 266 g/mol. The summed E-state index contributed by atoms with van der Waals surface area (Å²) in [5, 5.41) is 9.94. The number of benzene rings is 1. The highest BCUT2D eigenvalue weighted by Crippen LogP contribution is 2.10. The molecule has 1 atom stereocenters. The molecular weight excluding hydrogens is 247 g/mol. The van der Waals surface area contributed by atoms with Gasteiger partial charge in [0.25, 0.3) is 0 Å². The lowest BCUT2D eigenvalue weighted by molar-refractivity contribution is 0.211. The quantitative estimate of drug-likeness (QED) is 0.564. The summed E-state index contributed by atoms with van der Waals surface area (Å²) >= 11 is 0. The number of hydrogen-bond donors (Lipinski definition) is 3. The molecule has 0 saturated heterocycles. The number of hydrogen-bond acceptors (Lipinski definition) is 2. The molecule has 1 rings (SSSR count). The normalized spacial score (nSPS) is 11.7. The SMILES string of the molecule is CCN(CC(C)C(=N)N)C(=O)Nc1cccc(F)c1. The first-order valence-electron chi connectivity index (χ1n) is 6.09. The van der Waals surface area contributed by atoms with Crippen LogP contribution in [0.5, 0.6) is 0 Å². The van der Waals surface area contributed by atoms with Gasteiger partial charge in [-0.15, -0.1) is 0 Å². The summed E-state index contributed by atoms with van der Waals surface area (Å²) in [6, 6.07) is 5.37. The minimum absolute atomic E-state index is 0.0389. The second-order valence-electron chi connectivity index (χ2n) is 4.34. The van der Waals surface area contributed by atoms with E-state index in [-0.39, 0.29) is 17.8 Å². The van der Waals surface area contributed by atoms with Crippen LogP contribution in [0, 0.1) is 17.1 Å². The van der Waals surface area contributed by atoms with Crippen LogP contribution in [0.4, 0.5) is 14.9 Å². The highest BCUT2D eigenvalue weighted by atomic mass is 19.1. The van der Waals surface area contributed by atoms with E-state index in [9.17, 15) is 9.18 Å². The van der Waals surface area contributed by atoms with Gasteiger partial charge in [0.05, 0.1) is 5.84 Å². The van der Waals surface area contributed by atoms with Crippen LogP contribution in [0.25, 0.3) is 0 Å². The third-order valence-electron chi connectivity index (χ3n) is 2.77. The Bertz CT molecular complexity index is 464. The van der Waals surface area contributed by atoms with E-state index < -0.39 is 5.82 Å². The van der Waals surface area contributed by atoms with E-state index in [1.807, 2.05) is 6.92 Å². The van der Waals surface area contributed by atoms with E-state index in [0.717, 1.165) is 0 Å². The Morgan fingerprint density at radius 3 is 2.79 bits per heavy atom. The van der Waals surface area contributed by atoms with Crippen molar-refractivity contribution in [2.45, 2.75) is 13.8 Å². The zero-order chi connectivity index (χ0) is 14.4. The molecule has 4 N–H and O–H groups in total. The fourth-order valence-electron chi connectivity index (χ4n) is 1.55. The molecule has 0 fully saturated rings. The molecule has 1 unspecified atom stereocenters. The molecule has 6 heteroatoms. The number of carbonyl (C=O) groups excluding carboxylic acids is 1. The highest BCUT2D eigenvalue weighted by molar-refractivity contribution is 5.89. The van der Waals surface area contributed by atoms with E-state index in [1.165, 1.54) is 23.1 Å². The zero-order valence-corrected chi connectivity index (χ0v) is 11.1. The van der Waals surface area contributed by atoms with Gasteiger partial charge in [-0.05, 0) is 25.1 Å². The molecule has 0 spiro atoms.